The van der Waals surface area contributed by atoms with Crippen molar-refractivity contribution in [3.05, 3.63) is 52.5 Å². The van der Waals surface area contributed by atoms with Crippen molar-refractivity contribution in [2.24, 2.45) is 5.10 Å². The number of carbonyl (C=O) groups excluding carboxylic acids is 1. The molecule has 6 nitrogen and oxygen atoms in total. The Bertz CT molecular complexity index is 882. The number of thioether (sulfide) groups is 1. The lowest BCUT2D eigenvalue weighted by atomic mass is 10.2. The fourth-order valence-electron chi connectivity index (χ4n) is 1.87. The van der Waals surface area contributed by atoms with Crippen LogP contribution in [0, 0.1) is 0 Å². The Kier molecular flexibility index (Phi) is 6.94. The SMILES string of the molecule is O.O=C(CSc1nc2ccccc2s1)N/N=C/c1cc(Br)ccc1O. The highest BCUT2D eigenvalue weighted by molar-refractivity contribution is 9.10. The minimum atomic E-state index is -0.231. The van der Waals surface area contributed by atoms with E-state index in [4.69, 9.17) is 0 Å². The smallest absolute Gasteiger partial charge is 0.250 e. The van der Waals surface area contributed by atoms with Crippen LogP contribution in [0.25, 0.3) is 10.2 Å². The summed E-state index contributed by atoms with van der Waals surface area (Å²) in [7, 11) is 0. The molecule has 0 spiro atoms. The topological polar surface area (TPSA) is 106 Å². The molecule has 0 atom stereocenters. The number of halogens is 1. The van der Waals surface area contributed by atoms with Crippen LogP contribution in [0.1, 0.15) is 5.56 Å². The van der Waals surface area contributed by atoms with Crippen LogP contribution in [0.3, 0.4) is 0 Å². The minimum absolute atomic E-state index is 0. The Balaban J connectivity index is 0.00000225. The third-order valence-electron chi connectivity index (χ3n) is 2.98. The highest BCUT2D eigenvalue weighted by Gasteiger charge is 2.07. The molecule has 2 aromatic carbocycles. The Hall–Kier alpha value is -1.94. The molecule has 0 saturated heterocycles. The lowest BCUT2D eigenvalue weighted by Gasteiger charge is -2.00. The second-order valence-corrected chi connectivity index (χ2v) is 7.90. The fourth-order valence-corrected chi connectivity index (χ4v) is 4.11. The molecule has 0 aliphatic heterocycles. The average Bonchev–Trinajstić information content (AvgIpc) is 2.99. The van der Waals surface area contributed by atoms with Gasteiger partial charge >= 0.3 is 0 Å². The predicted octanol–water partition coefficient (Wildman–Crippen LogP) is 3.18. The van der Waals surface area contributed by atoms with Crippen LogP contribution < -0.4 is 5.43 Å². The molecule has 1 aromatic heterocycles. The number of hydrogen-bond acceptors (Lipinski definition) is 6. The van der Waals surface area contributed by atoms with Gasteiger partial charge in [0.15, 0.2) is 4.34 Å². The quantitative estimate of drug-likeness (QED) is 0.361. The summed E-state index contributed by atoms with van der Waals surface area (Å²) in [5.41, 5.74) is 3.90. The number of nitrogens with one attached hydrogen (secondary N) is 1. The summed E-state index contributed by atoms with van der Waals surface area (Å²) in [6.07, 6.45) is 1.40. The number of phenols is 1. The van der Waals surface area contributed by atoms with Crippen LogP contribution in [0.5, 0.6) is 5.75 Å². The van der Waals surface area contributed by atoms with Crippen LogP contribution >= 0.6 is 39.0 Å². The normalized spacial score (nSPS) is 10.8. The van der Waals surface area contributed by atoms with E-state index >= 15 is 0 Å². The van der Waals surface area contributed by atoms with E-state index in [1.165, 1.54) is 18.0 Å². The number of aromatic hydroxyl groups is 1. The Morgan fingerprint density at radius 3 is 2.96 bits per heavy atom. The van der Waals surface area contributed by atoms with Crippen molar-refractivity contribution >= 4 is 61.4 Å². The highest BCUT2D eigenvalue weighted by Crippen LogP contribution is 2.29. The van der Waals surface area contributed by atoms with Gasteiger partial charge in [0, 0.05) is 10.0 Å². The van der Waals surface area contributed by atoms with Crippen molar-refractivity contribution < 1.29 is 15.4 Å². The molecule has 0 fully saturated rings. The summed E-state index contributed by atoms with van der Waals surface area (Å²) in [6.45, 7) is 0. The first-order valence-corrected chi connectivity index (χ1v) is 9.50. The van der Waals surface area contributed by atoms with Gasteiger partial charge in [-0.1, -0.05) is 39.8 Å². The van der Waals surface area contributed by atoms with Gasteiger partial charge in [-0.05, 0) is 30.3 Å². The van der Waals surface area contributed by atoms with E-state index in [2.05, 4.69) is 31.4 Å². The van der Waals surface area contributed by atoms with E-state index in [-0.39, 0.29) is 22.9 Å². The van der Waals surface area contributed by atoms with Crippen molar-refractivity contribution in [3.8, 4) is 5.75 Å². The number of fused-ring (bicyclic) bond motifs is 1. The number of carbonyl (C=O) groups is 1. The zero-order valence-electron chi connectivity index (χ0n) is 12.8. The number of hydrazone groups is 1. The van der Waals surface area contributed by atoms with E-state index in [0.717, 1.165) is 19.0 Å². The molecule has 0 unspecified atom stereocenters. The Labute approximate surface area is 160 Å². The molecule has 0 bridgehead atoms. The lowest BCUT2D eigenvalue weighted by molar-refractivity contribution is -0.118. The number of benzene rings is 2. The summed E-state index contributed by atoms with van der Waals surface area (Å²) in [6, 6.07) is 12.8. The third-order valence-corrected chi connectivity index (χ3v) is 5.66. The standard InChI is InChI=1S/C16H12BrN3O2S2.H2O/c17-11-5-6-13(21)10(7-11)8-18-20-15(22)9-23-16-19-12-3-1-2-4-14(12)24-16;/h1-8,21H,9H2,(H,20,22);1H2/b18-8+;. The number of rotatable bonds is 5. The van der Waals surface area contributed by atoms with E-state index in [9.17, 15) is 9.90 Å². The second kappa shape index (κ2) is 8.95. The molecule has 1 heterocycles. The molecule has 130 valence electrons. The van der Waals surface area contributed by atoms with Gasteiger partial charge in [0.2, 0.25) is 0 Å². The van der Waals surface area contributed by atoms with Gasteiger partial charge in [-0.2, -0.15) is 5.10 Å². The first-order chi connectivity index (χ1) is 11.6. The summed E-state index contributed by atoms with van der Waals surface area (Å²) in [5.74, 6) is 0.0896. The van der Waals surface area contributed by atoms with E-state index in [0.29, 0.717) is 5.56 Å². The van der Waals surface area contributed by atoms with Crippen LogP contribution in [0.15, 0.2) is 56.4 Å². The van der Waals surface area contributed by atoms with Gasteiger partial charge in [-0.25, -0.2) is 10.4 Å². The predicted molar refractivity (Wildman–Crippen MR) is 106 cm³/mol. The molecule has 3 rings (SSSR count). The minimum Gasteiger partial charge on any atom is -0.507 e. The number of amides is 1. The van der Waals surface area contributed by atoms with Crippen LogP contribution in [0.2, 0.25) is 0 Å². The maximum atomic E-state index is 11.8. The summed E-state index contributed by atoms with van der Waals surface area (Å²) in [4.78, 5) is 16.3. The number of thiazole rings is 1. The number of hydrogen-bond donors (Lipinski definition) is 2. The Morgan fingerprint density at radius 2 is 2.16 bits per heavy atom. The largest absolute Gasteiger partial charge is 0.507 e. The molecule has 1 amide bonds. The van der Waals surface area contributed by atoms with E-state index in [1.807, 2.05) is 24.3 Å². The van der Waals surface area contributed by atoms with Crippen LogP contribution in [-0.2, 0) is 4.79 Å². The van der Waals surface area contributed by atoms with Gasteiger partial charge in [-0.3, -0.25) is 4.79 Å². The van der Waals surface area contributed by atoms with Crippen LogP contribution in [-0.4, -0.2) is 33.4 Å². The van der Waals surface area contributed by atoms with Crippen molar-refractivity contribution in [1.82, 2.24) is 10.4 Å². The third kappa shape index (κ3) is 5.27. The maximum Gasteiger partial charge on any atom is 0.250 e. The van der Waals surface area contributed by atoms with Gasteiger partial charge in [-0.15, -0.1) is 11.3 Å². The van der Waals surface area contributed by atoms with E-state index < -0.39 is 0 Å². The molecular formula is C16H14BrN3O3S2. The van der Waals surface area contributed by atoms with Gasteiger partial charge < -0.3 is 10.6 Å². The molecular weight excluding hydrogens is 426 g/mol. The van der Waals surface area contributed by atoms with Gasteiger partial charge in [0.1, 0.15) is 5.75 Å². The molecule has 3 aromatic rings. The fraction of sp³-hybridized carbons (Fsp3) is 0.0625. The summed E-state index contributed by atoms with van der Waals surface area (Å²) in [5, 5.41) is 13.5. The van der Waals surface area contributed by atoms with E-state index in [1.54, 1.807) is 29.5 Å². The maximum absolute atomic E-state index is 11.8. The van der Waals surface area contributed by atoms with Crippen molar-refractivity contribution in [1.29, 1.82) is 0 Å². The molecule has 0 aliphatic rings. The van der Waals surface area contributed by atoms with Crippen LogP contribution in [0.4, 0.5) is 0 Å². The van der Waals surface area contributed by atoms with Gasteiger partial charge in [0.05, 0.1) is 22.2 Å². The molecule has 0 aliphatic carbocycles. The molecule has 0 saturated carbocycles. The summed E-state index contributed by atoms with van der Waals surface area (Å²) >= 11 is 6.24. The van der Waals surface area contributed by atoms with Crippen molar-refractivity contribution in [2.75, 3.05) is 5.75 Å². The molecule has 4 N–H and O–H groups in total. The first-order valence-electron chi connectivity index (χ1n) is 6.90. The average molecular weight is 440 g/mol. The van der Waals surface area contributed by atoms with Gasteiger partial charge in [0.25, 0.3) is 5.91 Å². The lowest BCUT2D eigenvalue weighted by Crippen LogP contribution is -2.19. The first kappa shape index (κ1) is 19.4. The monoisotopic (exact) mass is 439 g/mol. The zero-order valence-corrected chi connectivity index (χ0v) is 16.0. The second-order valence-electron chi connectivity index (χ2n) is 4.73. The zero-order chi connectivity index (χ0) is 16.9. The Morgan fingerprint density at radius 1 is 1.36 bits per heavy atom. The molecule has 9 heteroatoms. The van der Waals surface area contributed by atoms with Crippen molar-refractivity contribution in [2.45, 2.75) is 4.34 Å². The molecule has 25 heavy (non-hydrogen) atoms. The molecule has 0 radical (unpaired) electrons. The number of aromatic nitrogens is 1. The number of nitrogens with zero attached hydrogens (tertiary/aromatic N) is 2. The highest BCUT2D eigenvalue weighted by atomic mass is 79.9. The number of phenolic OH excluding ortho intramolecular Hbond substituents is 1. The summed E-state index contributed by atoms with van der Waals surface area (Å²) < 4.78 is 2.77. The number of para-hydroxylation sites is 1. The van der Waals surface area contributed by atoms with Crippen molar-refractivity contribution in [3.63, 3.8) is 0 Å².